The Kier molecular flexibility index (Phi) is 11.5. The van der Waals surface area contributed by atoms with E-state index in [2.05, 4.69) is 29.4 Å². The van der Waals surface area contributed by atoms with Gasteiger partial charge < -0.3 is 24.8 Å². The minimum absolute atomic E-state index is 0. The molecule has 154 valence electrons. The van der Waals surface area contributed by atoms with E-state index >= 15 is 0 Å². The standard InChI is InChI=1S/C19H32N4O3.HI/c1-5-20-19(21-13-15(2)14-23-8-10-26-11-9-23)22-16-6-7-17(24-3)18(12-16)25-4;/h6-7,12,15H,5,8-11,13-14H2,1-4H3,(H2,20,21,22);1H. The number of aliphatic imine (C=N–C) groups is 1. The van der Waals surface area contributed by atoms with E-state index in [1.54, 1.807) is 14.2 Å². The van der Waals surface area contributed by atoms with E-state index in [0.717, 1.165) is 57.6 Å². The zero-order valence-corrected chi connectivity index (χ0v) is 19.1. The maximum Gasteiger partial charge on any atom is 0.195 e. The van der Waals surface area contributed by atoms with Crippen LogP contribution in [0.5, 0.6) is 11.5 Å². The summed E-state index contributed by atoms with van der Waals surface area (Å²) in [6.07, 6.45) is 0. The normalized spacial score (nSPS) is 16.2. The molecule has 1 unspecified atom stereocenters. The summed E-state index contributed by atoms with van der Waals surface area (Å²) < 4.78 is 16.0. The van der Waals surface area contributed by atoms with Gasteiger partial charge in [0.25, 0.3) is 0 Å². The molecule has 1 atom stereocenters. The van der Waals surface area contributed by atoms with Crippen molar-refractivity contribution in [3.05, 3.63) is 18.2 Å². The average Bonchev–Trinajstić information content (AvgIpc) is 2.67. The quantitative estimate of drug-likeness (QED) is 0.331. The lowest BCUT2D eigenvalue weighted by Crippen LogP contribution is -2.39. The minimum Gasteiger partial charge on any atom is -0.493 e. The highest BCUT2D eigenvalue weighted by Crippen LogP contribution is 2.29. The van der Waals surface area contributed by atoms with E-state index in [4.69, 9.17) is 19.2 Å². The van der Waals surface area contributed by atoms with Crippen molar-refractivity contribution in [1.82, 2.24) is 10.2 Å². The van der Waals surface area contributed by atoms with E-state index in [1.165, 1.54) is 0 Å². The fourth-order valence-corrected chi connectivity index (χ4v) is 2.89. The van der Waals surface area contributed by atoms with Gasteiger partial charge in [0.2, 0.25) is 0 Å². The predicted molar refractivity (Wildman–Crippen MR) is 121 cm³/mol. The van der Waals surface area contributed by atoms with Crippen molar-refractivity contribution in [1.29, 1.82) is 0 Å². The summed E-state index contributed by atoms with van der Waals surface area (Å²) in [5, 5.41) is 6.62. The van der Waals surface area contributed by atoms with Crippen LogP contribution in [-0.2, 0) is 4.74 Å². The van der Waals surface area contributed by atoms with Crippen LogP contribution in [0.15, 0.2) is 23.2 Å². The Bertz CT molecular complexity index is 580. The zero-order valence-electron chi connectivity index (χ0n) is 16.8. The third-order valence-electron chi connectivity index (χ3n) is 4.23. The minimum atomic E-state index is 0. The molecule has 0 bridgehead atoms. The summed E-state index contributed by atoms with van der Waals surface area (Å²) in [5.74, 6) is 2.65. The van der Waals surface area contributed by atoms with E-state index in [0.29, 0.717) is 17.4 Å². The highest BCUT2D eigenvalue weighted by atomic mass is 127. The Balaban J connectivity index is 0.00000364. The number of nitrogens with zero attached hydrogens (tertiary/aromatic N) is 2. The van der Waals surface area contributed by atoms with E-state index in [-0.39, 0.29) is 24.0 Å². The number of guanidine groups is 1. The molecule has 1 heterocycles. The van der Waals surface area contributed by atoms with Gasteiger partial charge in [-0.25, -0.2) is 0 Å². The molecule has 1 saturated heterocycles. The third kappa shape index (κ3) is 8.10. The van der Waals surface area contributed by atoms with Gasteiger partial charge >= 0.3 is 0 Å². The Hall–Kier alpha value is -1.26. The van der Waals surface area contributed by atoms with Crippen LogP contribution in [0.25, 0.3) is 0 Å². The number of ether oxygens (including phenoxy) is 3. The largest absolute Gasteiger partial charge is 0.493 e. The summed E-state index contributed by atoms with van der Waals surface area (Å²) in [7, 11) is 3.26. The molecule has 0 amide bonds. The number of methoxy groups -OCH3 is 2. The lowest BCUT2D eigenvalue weighted by Gasteiger charge is -2.28. The number of morpholine rings is 1. The first-order valence-electron chi connectivity index (χ1n) is 9.23. The highest BCUT2D eigenvalue weighted by molar-refractivity contribution is 14.0. The van der Waals surface area contributed by atoms with Crippen LogP contribution in [0.3, 0.4) is 0 Å². The first-order valence-corrected chi connectivity index (χ1v) is 9.23. The number of nitrogens with one attached hydrogen (secondary N) is 2. The second-order valence-electron chi connectivity index (χ2n) is 6.43. The second-order valence-corrected chi connectivity index (χ2v) is 6.43. The fourth-order valence-electron chi connectivity index (χ4n) is 2.89. The number of anilines is 1. The smallest absolute Gasteiger partial charge is 0.195 e. The molecule has 0 radical (unpaired) electrons. The maximum atomic E-state index is 5.40. The molecule has 0 aromatic heterocycles. The highest BCUT2D eigenvalue weighted by Gasteiger charge is 2.14. The molecule has 1 aromatic carbocycles. The van der Waals surface area contributed by atoms with E-state index in [9.17, 15) is 0 Å². The zero-order chi connectivity index (χ0) is 18.8. The first-order chi connectivity index (χ1) is 12.7. The van der Waals surface area contributed by atoms with Gasteiger partial charge in [-0.15, -0.1) is 24.0 Å². The number of halogens is 1. The maximum absolute atomic E-state index is 5.40. The van der Waals surface area contributed by atoms with Crippen molar-refractivity contribution < 1.29 is 14.2 Å². The van der Waals surface area contributed by atoms with Crippen molar-refractivity contribution in [2.24, 2.45) is 10.9 Å². The molecular formula is C19H33IN4O3. The molecule has 1 aliphatic rings. The molecule has 27 heavy (non-hydrogen) atoms. The van der Waals surface area contributed by atoms with Crippen molar-refractivity contribution in [2.45, 2.75) is 13.8 Å². The van der Waals surface area contributed by atoms with Gasteiger partial charge in [0.1, 0.15) is 0 Å². The molecule has 0 saturated carbocycles. The number of hydrogen-bond donors (Lipinski definition) is 2. The van der Waals surface area contributed by atoms with Crippen LogP contribution in [0, 0.1) is 5.92 Å². The van der Waals surface area contributed by atoms with Gasteiger partial charge in [0, 0.05) is 44.5 Å². The molecule has 7 nitrogen and oxygen atoms in total. The second kappa shape index (κ2) is 13.0. The summed E-state index contributed by atoms with van der Waals surface area (Å²) in [6, 6.07) is 5.74. The molecule has 0 spiro atoms. The molecule has 1 aromatic rings. The molecule has 1 aliphatic heterocycles. The molecule has 1 fully saturated rings. The lowest BCUT2D eigenvalue weighted by atomic mass is 10.1. The van der Waals surface area contributed by atoms with Gasteiger partial charge in [-0.2, -0.15) is 0 Å². The third-order valence-corrected chi connectivity index (χ3v) is 4.23. The molecular weight excluding hydrogens is 459 g/mol. The molecule has 2 N–H and O–H groups in total. The van der Waals surface area contributed by atoms with Crippen LogP contribution < -0.4 is 20.1 Å². The average molecular weight is 492 g/mol. The SMILES string of the molecule is CCNC(=NCC(C)CN1CCOCC1)Nc1ccc(OC)c(OC)c1.I. The number of benzene rings is 1. The number of hydrogen-bond acceptors (Lipinski definition) is 5. The topological polar surface area (TPSA) is 67.4 Å². The lowest BCUT2D eigenvalue weighted by molar-refractivity contribution is 0.0323. The Morgan fingerprint density at radius 2 is 1.93 bits per heavy atom. The van der Waals surface area contributed by atoms with Crippen LogP contribution >= 0.6 is 24.0 Å². The summed E-state index contributed by atoms with van der Waals surface area (Å²) >= 11 is 0. The summed E-state index contributed by atoms with van der Waals surface area (Å²) in [5.41, 5.74) is 0.906. The van der Waals surface area contributed by atoms with Crippen molar-refractivity contribution in [3.63, 3.8) is 0 Å². The number of rotatable bonds is 8. The molecule has 0 aliphatic carbocycles. The van der Waals surface area contributed by atoms with Crippen LogP contribution in [-0.4, -0.2) is 71.0 Å². The van der Waals surface area contributed by atoms with Gasteiger partial charge in [0.05, 0.1) is 27.4 Å². The van der Waals surface area contributed by atoms with Crippen LogP contribution in [0.1, 0.15) is 13.8 Å². The summed E-state index contributed by atoms with van der Waals surface area (Å²) in [4.78, 5) is 7.18. The Morgan fingerprint density at radius 1 is 1.22 bits per heavy atom. The van der Waals surface area contributed by atoms with Crippen molar-refractivity contribution in [3.8, 4) is 11.5 Å². The molecule has 8 heteroatoms. The van der Waals surface area contributed by atoms with Crippen molar-refractivity contribution in [2.75, 3.05) is 65.5 Å². The van der Waals surface area contributed by atoms with Gasteiger partial charge in [-0.1, -0.05) is 6.92 Å². The van der Waals surface area contributed by atoms with Crippen LogP contribution in [0.4, 0.5) is 5.69 Å². The Morgan fingerprint density at radius 3 is 2.56 bits per heavy atom. The van der Waals surface area contributed by atoms with Gasteiger partial charge in [-0.05, 0) is 25.0 Å². The first kappa shape index (κ1) is 23.8. The van der Waals surface area contributed by atoms with E-state index in [1.807, 2.05) is 18.2 Å². The van der Waals surface area contributed by atoms with Gasteiger partial charge in [0.15, 0.2) is 17.5 Å². The van der Waals surface area contributed by atoms with Crippen LogP contribution in [0.2, 0.25) is 0 Å². The van der Waals surface area contributed by atoms with E-state index < -0.39 is 0 Å². The predicted octanol–water partition coefficient (Wildman–Crippen LogP) is 2.67. The molecule has 2 rings (SSSR count). The fraction of sp³-hybridized carbons (Fsp3) is 0.632. The summed E-state index contributed by atoms with van der Waals surface area (Å²) in [6.45, 7) is 10.6. The van der Waals surface area contributed by atoms with Gasteiger partial charge in [-0.3, -0.25) is 9.89 Å². The Labute approximate surface area is 179 Å². The van der Waals surface area contributed by atoms with Crippen molar-refractivity contribution >= 4 is 35.6 Å². The monoisotopic (exact) mass is 492 g/mol.